The van der Waals surface area contributed by atoms with Crippen molar-refractivity contribution in [2.75, 3.05) is 0 Å². The predicted octanol–water partition coefficient (Wildman–Crippen LogP) is 4.55. The third-order valence-electron chi connectivity index (χ3n) is 2.90. The quantitative estimate of drug-likeness (QED) is 0.778. The number of benzene rings is 2. The van der Waals surface area contributed by atoms with Crippen LogP contribution in [0, 0.1) is 5.82 Å². The molecule has 126 valence electrons. The summed E-state index contributed by atoms with van der Waals surface area (Å²) in [6.45, 7) is 0. The molecule has 1 atom stereocenters. The third-order valence-corrected chi connectivity index (χ3v) is 3.20. The molecule has 23 heavy (non-hydrogen) atoms. The van der Waals surface area contributed by atoms with Gasteiger partial charge in [-0.2, -0.15) is 0 Å². The summed E-state index contributed by atoms with van der Waals surface area (Å²) in [6.07, 6.45) is -4.80. The minimum Gasteiger partial charge on any atom is -0.506 e. The molecule has 0 spiro atoms. The third kappa shape index (κ3) is 4.63. The average Bonchev–Trinajstić information content (AvgIpc) is 2.42. The van der Waals surface area contributed by atoms with Gasteiger partial charge >= 0.3 is 6.36 Å². The van der Waals surface area contributed by atoms with Crippen LogP contribution in [0.4, 0.5) is 17.6 Å². The number of hydrogen-bond donors (Lipinski definition) is 2. The Kier molecular flexibility index (Phi) is 6.10. The highest BCUT2D eigenvalue weighted by Gasteiger charge is 2.31. The van der Waals surface area contributed by atoms with Crippen LogP contribution in [0.1, 0.15) is 17.2 Å². The lowest BCUT2D eigenvalue weighted by molar-refractivity contribution is -0.274. The molecule has 0 fully saturated rings. The number of phenolic OH excluding ortho intramolecular Hbond substituents is 1. The summed E-state index contributed by atoms with van der Waals surface area (Å²) < 4.78 is 53.7. The Hall–Kier alpha value is -1.70. The Morgan fingerprint density at radius 1 is 1.09 bits per heavy atom. The maximum absolute atomic E-state index is 13.8. The van der Waals surface area contributed by atoms with Crippen LogP contribution in [0.5, 0.6) is 11.5 Å². The van der Waals surface area contributed by atoms with Crippen LogP contribution < -0.4 is 10.5 Å². The average molecular weight is 372 g/mol. The van der Waals surface area contributed by atoms with E-state index in [1.165, 1.54) is 18.2 Å². The van der Waals surface area contributed by atoms with E-state index in [2.05, 4.69) is 4.74 Å². The van der Waals surface area contributed by atoms with E-state index in [1.54, 1.807) is 0 Å². The fourth-order valence-electron chi connectivity index (χ4n) is 1.90. The zero-order valence-corrected chi connectivity index (χ0v) is 12.8. The van der Waals surface area contributed by atoms with Crippen molar-refractivity contribution >= 4 is 24.0 Å². The van der Waals surface area contributed by atoms with E-state index in [1.807, 2.05) is 0 Å². The molecule has 0 unspecified atom stereocenters. The molecule has 0 aliphatic carbocycles. The van der Waals surface area contributed by atoms with Crippen molar-refractivity contribution in [3.8, 4) is 11.5 Å². The van der Waals surface area contributed by atoms with Gasteiger partial charge in [0.25, 0.3) is 0 Å². The number of halogens is 6. The molecule has 2 rings (SSSR count). The first kappa shape index (κ1) is 19.3. The molecule has 2 aromatic carbocycles. The molecule has 0 radical (unpaired) electrons. The molecule has 2 aromatic rings. The summed E-state index contributed by atoms with van der Waals surface area (Å²) in [7, 11) is 0. The van der Waals surface area contributed by atoms with E-state index in [4.69, 9.17) is 17.3 Å². The molecule has 3 N–H and O–H groups in total. The minimum absolute atomic E-state index is 0. The number of aromatic hydroxyl groups is 1. The number of ether oxygens (including phenoxy) is 1. The van der Waals surface area contributed by atoms with Crippen molar-refractivity contribution < 1.29 is 27.4 Å². The minimum atomic E-state index is -4.80. The number of phenols is 1. The number of rotatable bonds is 3. The normalized spacial score (nSPS) is 12.4. The fraction of sp³-hybridized carbons (Fsp3) is 0.143. The van der Waals surface area contributed by atoms with Crippen molar-refractivity contribution in [2.45, 2.75) is 12.4 Å². The Balaban J connectivity index is 0.00000264. The van der Waals surface area contributed by atoms with E-state index in [0.717, 1.165) is 18.2 Å². The van der Waals surface area contributed by atoms with Gasteiger partial charge in [0.05, 0.1) is 16.6 Å². The molecular formula is C14H11Cl2F4NO2. The first-order valence-electron chi connectivity index (χ1n) is 5.97. The highest BCUT2D eigenvalue weighted by molar-refractivity contribution is 6.32. The lowest BCUT2D eigenvalue weighted by Crippen LogP contribution is -2.17. The maximum Gasteiger partial charge on any atom is 0.573 e. The molecule has 0 saturated carbocycles. The van der Waals surface area contributed by atoms with Crippen LogP contribution in [0.25, 0.3) is 0 Å². The second-order valence-electron chi connectivity index (χ2n) is 4.39. The predicted molar refractivity (Wildman–Crippen MR) is 79.5 cm³/mol. The van der Waals surface area contributed by atoms with Crippen LogP contribution in [-0.2, 0) is 0 Å². The van der Waals surface area contributed by atoms with Crippen LogP contribution in [0.2, 0.25) is 5.02 Å². The van der Waals surface area contributed by atoms with Crippen LogP contribution in [-0.4, -0.2) is 11.5 Å². The largest absolute Gasteiger partial charge is 0.573 e. The van der Waals surface area contributed by atoms with Gasteiger partial charge in [-0.15, -0.1) is 25.6 Å². The van der Waals surface area contributed by atoms with Crippen molar-refractivity contribution in [2.24, 2.45) is 5.73 Å². The monoisotopic (exact) mass is 371 g/mol. The summed E-state index contributed by atoms with van der Waals surface area (Å²) in [6, 6.07) is 5.68. The molecule has 9 heteroatoms. The van der Waals surface area contributed by atoms with Gasteiger partial charge < -0.3 is 15.6 Å². The molecule has 3 nitrogen and oxygen atoms in total. The topological polar surface area (TPSA) is 55.5 Å². The molecule has 0 aliphatic heterocycles. The summed E-state index contributed by atoms with van der Waals surface area (Å²) in [5.41, 5.74) is 5.89. The summed E-state index contributed by atoms with van der Waals surface area (Å²) in [4.78, 5) is 0. The van der Waals surface area contributed by atoms with Crippen molar-refractivity contribution in [3.05, 3.63) is 58.4 Å². The molecular weight excluding hydrogens is 361 g/mol. The first-order chi connectivity index (χ1) is 10.2. The molecule has 0 heterocycles. The first-order valence-corrected chi connectivity index (χ1v) is 6.35. The summed E-state index contributed by atoms with van der Waals surface area (Å²) in [5.74, 6) is -1.71. The summed E-state index contributed by atoms with van der Waals surface area (Å²) >= 11 is 5.70. The number of alkyl halides is 3. The second-order valence-corrected chi connectivity index (χ2v) is 4.79. The van der Waals surface area contributed by atoms with Gasteiger partial charge in [-0.05, 0) is 29.8 Å². The Labute approximate surface area is 140 Å². The van der Waals surface area contributed by atoms with Gasteiger partial charge in [0.1, 0.15) is 17.3 Å². The highest BCUT2D eigenvalue weighted by Crippen LogP contribution is 2.36. The zero-order chi connectivity index (χ0) is 16.5. The Morgan fingerprint density at radius 2 is 1.65 bits per heavy atom. The molecule has 0 aliphatic rings. The second kappa shape index (κ2) is 7.25. The van der Waals surface area contributed by atoms with E-state index in [9.17, 15) is 22.7 Å². The molecule has 0 amide bonds. The SMILES string of the molecule is Cl.N[C@H](c1ccc(OC(F)(F)F)cc1)c1c(F)ccc(Cl)c1O. The highest BCUT2D eigenvalue weighted by atomic mass is 35.5. The lowest BCUT2D eigenvalue weighted by Gasteiger charge is -2.16. The van der Waals surface area contributed by atoms with Gasteiger partial charge in [0, 0.05) is 0 Å². The maximum atomic E-state index is 13.8. The smallest absolute Gasteiger partial charge is 0.506 e. The molecule has 0 aromatic heterocycles. The van der Waals surface area contributed by atoms with Crippen LogP contribution >= 0.6 is 24.0 Å². The van der Waals surface area contributed by atoms with Gasteiger partial charge in [-0.1, -0.05) is 23.7 Å². The van der Waals surface area contributed by atoms with E-state index in [-0.39, 0.29) is 28.6 Å². The number of hydrogen-bond acceptors (Lipinski definition) is 3. The van der Waals surface area contributed by atoms with Crippen LogP contribution in [0.15, 0.2) is 36.4 Å². The number of nitrogens with two attached hydrogens (primary N) is 1. The van der Waals surface area contributed by atoms with Crippen molar-refractivity contribution in [1.29, 1.82) is 0 Å². The van der Waals surface area contributed by atoms with Crippen LogP contribution in [0.3, 0.4) is 0 Å². The Morgan fingerprint density at radius 3 is 2.17 bits per heavy atom. The van der Waals surface area contributed by atoms with Crippen molar-refractivity contribution in [1.82, 2.24) is 0 Å². The fourth-order valence-corrected chi connectivity index (χ4v) is 2.06. The summed E-state index contributed by atoms with van der Waals surface area (Å²) in [5, 5.41) is 9.71. The van der Waals surface area contributed by atoms with Crippen molar-refractivity contribution in [3.63, 3.8) is 0 Å². The Bertz CT molecular complexity index is 678. The molecule has 0 saturated heterocycles. The van der Waals surface area contributed by atoms with Gasteiger partial charge in [-0.25, -0.2) is 4.39 Å². The lowest BCUT2D eigenvalue weighted by atomic mass is 9.98. The van der Waals surface area contributed by atoms with Gasteiger partial charge in [0.15, 0.2) is 0 Å². The van der Waals surface area contributed by atoms with E-state index >= 15 is 0 Å². The van der Waals surface area contributed by atoms with E-state index in [0.29, 0.717) is 0 Å². The van der Waals surface area contributed by atoms with E-state index < -0.39 is 29.7 Å². The standard InChI is InChI=1S/C14H10ClF4NO2.ClH/c15-9-5-6-10(16)11(13(9)21)12(20)7-1-3-8(4-2-7)22-14(17,18)19;/h1-6,12,21H,20H2;1H/t12-;/m1./s1. The van der Waals surface area contributed by atoms with Gasteiger partial charge in [0.2, 0.25) is 0 Å². The zero-order valence-electron chi connectivity index (χ0n) is 11.3. The molecule has 0 bridgehead atoms. The van der Waals surface area contributed by atoms with Gasteiger partial charge in [-0.3, -0.25) is 0 Å².